The standard InChI is InChI=1S/C19H27NO4/c1-19(2,12-13-7-9-16(24-3)10-8-13)20-17(21)14-5-4-6-15(11-14)18(22)23/h7-10,14-15H,4-6,11-12H2,1-3H3,(H,20,21)(H,22,23). The molecule has 1 aliphatic carbocycles. The van der Waals surface area contributed by atoms with E-state index in [0.717, 1.165) is 24.2 Å². The van der Waals surface area contributed by atoms with Crippen molar-refractivity contribution in [3.8, 4) is 5.75 Å². The summed E-state index contributed by atoms with van der Waals surface area (Å²) in [7, 11) is 1.63. The van der Waals surface area contributed by atoms with Crippen LogP contribution < -0.4 is 10.1 Å². The summed E-state index contributed by atoms with van der Waals surface area (Å²) in [6.07, 6.45) is 3.40. The van der Waals surface area contributed by atoms with E-state index in [-0.39, 0.29) is 23.3 Å². The molecule has 1 fully saturated rings. The highest BCUT2D eigenvalue weighted by molar-refractivity contribution is 5.80. The lowest BCUT2D eigenvalue weighted by molar-refractivity contribution is -0.144. The van der Waals surface area contributed by atoms with Gasteiger partial charge in [-0.2, -0.15) is 0 Å². The van der Waals surface area contributed by atoms with Crippen LogP contribution in [0.3, 0.4) is 0 Å². The van der Waals surface area contributed by atoms with Crippen molar-refractivity contribution in [2.45, 2.75) is 51.5 Å². The summed E-state index contributed by atoms with van der Waals surface area (Å²) in [6, 6.07) is 7.80. The van der Waals surface area contributed by atoms with Gasteiger partial charge in [-0.25, -0.2) is 0 Å². The summed E-state index contributed by atoms with van der Waals surface area (Å²) in [4.78, 5) is 23.7. The Kier molecular flexibility index (Phi) is 5.86. The second-order valence-electron chi connectivity index (χ2n) is 7.30. The van der Waals surface area contributed by atoms with Crippen molar-refractivity contribution in [3.05, 3.63) is 29.8 Å². The molecule has 2 atom stereocenters. The number of ether oxygens (including phenoxy) is 1. The normalized spacial score (nSPS) is 21.1. The van der Waals surface area contributed by atoms with Gasteiger partial charge in [0.2, 0.25) is 5.91 Å². The third kappa shape index (κ3) is 4.98. The summed E-state index contributed by atoms with van der Waals surface area (Å²) in [6.45, 7) is 3.99. The van der Waals surface area contributed by atoms with E-state index in [4.69, 9.17) is 9.84 Å². The van der Waals surface area contributed by atoms with Gasteiger partial charge in [0, 0.05) is 11.5 Å². The molecule has 0 spiro atoms. The lowest BCUT2D eigenvalue weighted by Crippen LogP contribution is -2.48. The first kappa shape index (κ1) is 18.3. The van der Waals surface area contributed by atoms with E-state index in [1.807, 2.05) is 38.1 Å². The van der Waals surface area contributed by atoms with Gasteiger partial charge in [0.05, 0.1) is 13.0 Å². The summed E-state index contributed by atoms with van der Waals surface area (Å²) in [5.41, 5.74) is 0.732. The fourth-order valence-electron chi connectivity index (χ4n) is 3.39. The van der Waals surface area contributed by atoms with Crippen LogP contribution in [0.5, 0.6) is 5.75 Å². The van der Waals surface area contributed by atoms with Crippen LogP contribution in [0, 0.1) is 11.8 Å². The smallest absolute Gasteiger partial charge is 0.306 e. The minimum atomic E-state index is -0.787. The van der Waals surface area contributed by atoms with Crippen molar-refractivity contribution in [1.82, 2.24) is 5.32 Å². The van der Waals surface area contributed by atoms with Crippen LogP contribution in [0.4, 0.5) is 0 Å². The van der Waals surface area contributed by atoms with Gasteiger partial charge in [0.25, 0.3) is 0 Å². The van der Waals surface area contributed by atoms with Crippen LogP contribution in [0.15, 0.2) is 24.3 Å². The van der Waals surface area contributed by atoms with Crippen molar-refractivity contribution in [3.63, 3.8) is 0 Å². The van der Waals surface area contributed by atoms with E-state index in [1.165, 1.54) is 0 Å². The maximum atomic E-state index is 12.5. The molecule has 1 aliphatic rings. The van der Waals surface area contributed by atoms with Crippen LogP contribution >= 0.6 is 0 Å². The van der Waals surface area contributed by atoms with Crippen LogP contribution in [0.2, 0.25) is 0 Å². The Balaban J connectivity index is 1.94. The van der Waals surface area contributed by atoms with Crippen LogP contribution in [0.25, 0.3) is 0 Å². The average molecular weight is 333 g/mol. The molecule has 5 heteroatoms. The molecule has 2 unspecified atom stereocenters. The Morgan fingerprint density at radius 2 is 1.83 bits per heavy atom. The van der Waals surface area contributed by atoms with Crippen molar-refractivity contribution < 1.29 is 19.4 Å². The third-order valence-corrected chi connectivity index (χ3v) is 4.66. The van der Waals surface area contributed by atoms with Crippen molar-refractivity contribution >= 4 is 11.9 Å². The number of carboxylic acids is 1. The van der Waals surface area contributed by atoms with Gasteiger partial charge in [-0.3, -0.25) is 9.59 Å². The number of aliphatic carboxylic acids is 1. The fourth-order valence-corrected chi connectivity index (χ4v) is 3.39. The Hall–Kier alpha value is -2.04. The van der Waals surface area contributed by atoms with E-state index in [1.54, 1.807) is 7.11 Å². The minimum Gasteiger partial charge on any atom is -0.497 e. The number of carboxylic acid groups (broad SMARTS) is 1. The van der Waals surface area contributed by atoms with E-state index < -0.39 is 5.97 Å². The zero-order valence-corrected chi connectivity index (χ0v) is 14.7. The maximum absolute atomic E-state index is 12.5. The molecule has 132 valence electrons. The molecule has 1 aromatic carbocycles. The van der Waals surface area contributed by atoms with Gasteiger partial charge in [0.15, 0.2) is 0 Å². The van der Waals surface area contributed by atoms with Gasteiger partial charge in [-0.1, -0.05) is 18.6 Å². The molecule has 1 saturated carbocycles. The van der Waals surface area contributed by atoms with E-state index in [0.29, 0.717) is 19.3 Å². The largest absolute Gasteiger partial charge is 0.497 e. The third-order valence-electron chi connectivity index (χ3n) is 4.66. The number of hydrogen-bond donors (Lipinski definition) is 2. The topological polar surface area (TPSA) is 75.6 Å². The Morgan fingerprint density at radius 3 is 2.42 bits per heavy atom. The van der Waals surface area contributed by atoms with Gasteiger partial charge in [-0.05, 0) is 57.2 Å². The highest BCUT2D eigenvalue weighted by atomic mass is 16.5. The molecular formula is C19H27NO4. The summed E-state index contributed by atoms with van der Waals surface area (Å²) in [5, 5.41) is 12.3. The summed E-state index contributed by atoms with van der Waals surface area (Å²) in [5.74, 6) is -0.596. The molecule has 0 radical (unpaired) electrons. The van der Waals surface area contributed by atoms with Crippen molar-refractivity contribution in [2.75, 3.05) is 7.11 Å². The molecule has 5 nitrogen and oxygen atoms in total. The van der Waals surface area contributed by atoms with Gasteiger partial charge < -0.3 is 15.2 Å². The summed E-state index contributed by atoms with van der Waals surface area (Å²) >= 11 is 0. The van der Waals surface area contributed by atoms with E-state index >= 15 is 0 Å². The molecule has 1 aromatic rings. The first-order valence-electron chi connectivity index (χ1n) is 8.48. The number of benzene rings is 1. The molecule has 1 amide bonds. The van der Waals surface area contributed by atoms with Crippen molar-refractivity contribution in [2.24, 2.45) is 11.8 Å². The SMILES string of the molecule is COc1ccc(CC(C)(C)NC(=O)C2CCCC(C(=O)O)C2)cc1. The monoisotopic (exact) mass is 333 g/mol. The molecular weight excluding hydrogens is 306 g/mol. The van der Waals surface area contributed by atoms with E-state index in [9.17, 15) is 9.59 Å². The van der Waals surface area contributed by atoms with Crippen molar-refractivity contribution in [1.29, 1.82) is 0 Å². The first-order valence-corrected chi connectivity index (χ1v) is 8.48. The number of methoxy groups -OCH3 is 1. The number of hydrogen-bond acceptors (Lipinski definition) is 3. The second kappa shape index (κ2) is 7.69. The lowest BCUT2D eigenvalue weighted by atomic mass is 9.80. The minimum absolute atomic E-state index is 0.0283. The van der Waals surface area contributed by atoms with Crippen LogP contribution in [0.1, 0.15) is 45.1 Å². The van der Waals surface area contributed by atoms with Crippen LogP contribution in [-0.2, 0) is 16.0 Å². The highest BCUT2D eigenvalue weighted by Gasteiger charge is 2.33. The number of rotatable bonds is 6. The quantitative estimate of drug-likeness (QED) is 0.839. The average Bonchev–Trinajstić information content (AvgIpc) is 2.54. The zero-order chi connectivity index (χ0) is 17.7. The maximum Gasteiger partial charge on any atom is 0.306 e. The number of nitrogens with one attached hydrogen (secondary N) is 1. The predicted molar refractivity (Wildman–Crippen MR) is 92.0 cm³/mol. The molecule has 2 N–H and O–H groups in total. The zero-order valence-electron chi connectivity index (χ0n) is 14.7. The lowest BCUT2D eigenvalue weighted by Gasteiger charge is -2.31. The molecule has 0 heterocycles. The number of carbonyl (C=O) groups is 2. The van der Waals surface area contributed by atoms with Crippen LogP contribution in [-0.4, -0.2) is 29.6 Å². The molecule has 2 rings (SSSR count). The fraction of sp³-hybridized carbons (Fsp3) is 0.579. The second-order valence-corrected chi connectivity index (χ2v) is 7.30. The summed E-state index contributed by atoms with van der Waals surface area (Å²) < 4.78 is 5.15. The molecule has 24 heavy (non-hydrogen) atoms. The Labute approximate surface area is 143 Å². The molecule has 0 aromatic heterocycles. The Bertz CT molecular complexity index is 580. The van der Waals surface area contributed by atoms with E-state index in [2.05, 4.69) is 5.32 Å². The number of amides is 1. The molecule has 0 aliphatic heterocycles. The van der Waals surface area contributed by atoms with Gasteiger partial charge in [-0.15, -0.1) is 0 Å². The molecule has 0 saturated heterocycles. The number of carbonyl (C=O) groups excluding carboxylic acids is 1. The Morgan fingerprint density at radius 1 is 1.21 bits per heavy atom. The van der Waals surface area contributed by atoms with Gasteiger partial charge >= 0.3 is 5.97 Å². The highest BCUT2D eigenvalue weighted by Crippen LogP contribution is 2.30. The van der Waals surface area contributed by atoms with Gasteiger partial charge in [0.1, 0.15) is 5.75 Å². The first-order chi connectivity index (χ1) is 11.3. The predicted octanol–water partition coefficient (Wildman–Crippen LogP) is 3.02. The molecule has 0 bridgehead atoms.